The lowest BCUT2D eigenvalue weighted by atomic mass is 10.2. The summed E-state index contributed by atoms with van der Waals surface area (Å²) in [7, 11) is 1.61. The number of hydrogen-bond donors (Lipinski definition) is 1. The maximum absolute atomic E-state index is 12.3. The number of nitrogens with one attached hydrogen (secondary N) is 1. The molecular formula is C19H27N5O2. The Morgan fingerprint density at radius 3 is 2.58 bits per heavy atom. The molecule has 1 fully saturated rings. The average molecular weight is 357 g/mol. The number of rotatable bonds is 7. The van der Waals surface area contributed by atoms with Crippen molar-refractivity contribution in [3.05, 3.63) is 42.5 Å². The van der Waals surface area contributed by atoms with Crippen molar-refractivity contribution in [2.75, 3.05) is 51.7 Å². The number of anilines is 1. The van der Waals surface area contributed by atoms with Crippen LogP contribution < -0.4 is 10.1 Å². The first-order chi connectivity index (χ1) is 12.7. The van der Waals surface area contributed by atoms with Crippen LogP contribution >= 0.6 is 0 Å². The minimum Gasteiger partial charge on any atom is -0.495 e. The Kier molecular flexibility index (Phi) is 6.25. The maximum atomic E-state index is 12.3. The van der Waals surface area contributed by atoms with Gasteiger partial charge in [-0.25, -0.2) is 4.98 Å². The van der Waals surface area contributed by atoms with Crippen LogP contribution in [0.25, 0.3) is 0 Å². The first-order valence-electron chi connectivity index (χ1n) is 9.01. The Morgan fingerprint density at radius 1 is 1.15 bits per heavy atom. The molecule has 0 aliphatic carbocycles. The summed E-state index contributed by atoms with van der Waals surface area (Å²) >= 11 is 0. The summed E-state index contributed by atoms with van der Waals surface area (Å²) in [5.74, 6) is 1.73. The Labute approximate surface area is 154 Å². The first kappa shape index (κ1) is 18.4. The fourth-order valence-corrected chi connectivity index (χ4v) is 3.20. The van der Waals surface area contributed by atoms with Crippen LogP contribution in [0.4, 0.5) is 5.69 Å². The largest absolute Gasteiger partial charge is 0.495 e. The van der Waals surface area contributed by atoms with Crippen LogP contribution in [0.3, 0.4) is 0 Å². The van der Waals surface area contributed by atoms with Crippen molar-refractivity contribution < 1.29 is 9.53 Å². The van der Waals surface area contributed by atoms with Gasteiger partial charge in [0.05, 0.1) is 19.3 Å². The van der Waals surface area contributed by atoms with Gasteiger partial charge in [0.1, 0.15) is 11.6 Å². The molecule has 1 amide bonds. The average Bonchev–Trinajstić information content (AvgIpc) is 3.06. The zero-order valence-electron chi connectivity index (χ0n) is 15.5. The van der Waals surface area contributed by atoms with E-state index in [4.69, 9.17) is 4.74 Å². The molecular weight excluding hydrogens is 330 g/mol. The Bertz CT molecular complexity index is 722. The molecule has 26 heavy (non-hydrogen) atoms. The van der Waals surface area contributed by atoms with Crippen LogP contribution in [-0.4, -0.2) is 71.6 Å². The smallest absolute Gasteiger partial charge is 0.238 e. The second-order valence-corrected chi connectivity index (χ2v) is 6.53. The molecule has 1 N–H and O–H groups in total. The SMILES string of the molecule is COc1ccccc1NC(=O)CN1CCN(CCn2ccnc2C)CC1. The molecule has 0 bridgehead atoms. The molecule has 0 unspecified atom stereocenters. The van der Waals surface area contributed by atoms with E-state index in [0.29, 0.717) is 18.0 Å². The molecule has 3 rings (SSSR count). The van der Waals surface area contributed by atoms with Gasteiger partial charge in [0.2, 0.25) is 5.91 Å². The molecule has 2 aromatic rings. The molecule has 0 spiro atoms. The third-order valence-corrected chi connectivity index (χ3v) is 4.79. The molecule has 1 aliphatic rings. The molecule has 0 radical (unpaired) electrons. The number of methoxy groups -OCH3 is 1. The van der Waals surface area contributed by atoms with Crippen molar-refractivity contribution in [2.24, 2.45) is 0 Å². The number of carbonyl (C=O) groups is 1. The minimum atomic E-state index is -0.00279. The third kappa shape index (κ3) is 4.83. The Morgan fingerprint density at radius 2 is 1.88 bits per heavy atom. The summed E-state index contributed by atoms with van der Waals surface area (Å²) < 4.78 is 7.45. The predicted molar refractivity (Wildman–Crippen MR) is 101 cm³/mol. The van der Waals surface area contributed by atoms with Gasteiger partial charge in [-0.3, -0.25) is 14.6 Å². The molecule has 1 aromatic heterocycles. The van der Waals surface area contributed by atoms with Gasteiger partial charge in [0.25, 0.3) is 0 Å². The molecule has 140 valence electrons. The molecule has 7 nitrogen and oxygen atoms in total. The van der Waals surface area contributed by atoms with Crippen molar-refractivity contribution >= 4 is 11.6 Å². The number of ether oxygens (including phenoxy) is 1. The van der Waals surface area contributed by atoms with Crippen molar-refractivity contribution in [1.29, 1.82) is 0 Å². The van der Waals surface area contributed by atoms with Crippen LogP contribution in [0.5, 0.6) is 5.75 Å². The van der Waals surface area contributed by atoms with Gasteiger partial charge in [-0.15, -0.1) is 0 Å². The lowest BCUT2D eigenvalue weighted by molar-refractivity contribution is -0.117. The summed E-state index contributed by atoms with van der Waals surface area (Å²) in [6.07, 6.45) is 3.86. The van der Waals surface area contributed by atoms with E-state index in [-0.39, 0.29) is 5.91 Å². The van der Waals surface area contributed by atoms with Crippen LogP contribution in [0, 0.1) is 6.92 Å². The minimum absolute atomic E-state index is 0.00279. The molecule has 7 heteroatoms. The van der Waals surface area contributed by atoms with E-state index in [2.05, 4.69) is 24.7 Å². The summed E-state index contributed by atoms with van der Waals surface area (Å²) in [6.45, 7) is 8.18. The molecule has 0 saturated carbocycles. The van der Waals surface area contributed by atoms with Gasteiger partial charge in [-0.2, -0.15) is 0 Å². The lowest BCUT2D eigenvalue weighted by Gasteiger charge is -2.34. The standard InChI is InChI=1S/C19H27N5O2/c1-16-20-7-8-24(16)14-13-22-9-11-23(12-10-22)15-19(25)21-17-5-3-4-6-18(17)26-2/h3-8H,9-15H2,1-2H3,(H,21,25). The fraction of sp³-hybridized carbons (Fsp3) is 0.474. The number of piperazine rings is 1. The Hall–Kier alpha value is -2.38. The van der Waals surface area contributed by atoms with Gasteiger partial charge in [0, 0.05) is 51.7 Å². The number of imidazole rings is 1. The molecule has 2 heterocycles. The number of carbonyl (C=O) groups excluding carboxylic acids is 1. The van der Waals surface area contributed by atoms with Gasteiger partial charge in [0.15, 0.2) is 0 Å². The summed E-state index contributed by atoms with van der Waals surface area (Å²) in [5, 5.41) is 2.94. The maximum Gasteiger partial charge on any atom is 0.238 e. The van der Waals surface area contributed by atoms with Crippen LogP contribution in [-0.2, 0) is 11.3 Å². The Balaban J connectivity index is 1.41. The van der Waals surface area contributed by atoms with E-state index in [0.717, 1.165) is 45.1 Å². The number of aromatic nitrogens is 2. The fourth-order valence-electron chi connectivity index (χ4n) is 3.20. The van der Waals surface area contributed by atoms with E-state index in [1.807, 2.05) is 43.6 Å². The number of hydrogen-bond acceptors (Lipinski definition) is 5. The molecule has 1 saturated heterocycles. The van der Waals surface area contributed by atoms with E-state index in [1.165, 1.54) is 0 Å². The highest BCUT2D eigenvalue weighted by molar-refractivity contribution is 5.93. The van der Waals surface area contributed by atoms with Crippen LogP contribution in [0.1, 0.15) is 5.82 Å². The summed E-state index contributed by atoms with van der Waals surface area (Å²) in [6, 6.07) is 7.47. The van der Waals surface area contributed by atoms with Gasteiger partial charge in [-0.1, -0.05) is 12.1 Å². The number of para-hydroxylation sites is 2. The van der Waals surface area contributed by atoms with Gasteiger partial charge < -0.3 is 14.6 Å². The lowest BCUT2D eigenvalue weighted by Crippen LogP contribution is -2.49. The second-order valence-electron chi connectivity index (χ2n) is 6.53. The highest BCUT2D eigenvalue weighted by atomic mass is 16.5. The van der Waals surface area contributed by atoms with Crippen LogP contribution in [0.15, 0.2) is 36.7 Å². The highest BCUT2D eigenvalue weighted by Crippen LogP contribution is 2.22. The topological polar surface area (TPSA) is 62.6 Å². The zero-order valence-corrected chi connectivity index (χ0v) is 15.5. The molecule has 1 aliphatic heterocycles. The molecule has 0 atom stereocenters. The quantitative estimate of drug-likeness (QED) is 0.813. The van der Waals surface area contributed by atoms with Crippen LogP contribution in [0.2, 0.25) is 0 Å². The van der Waals surface area contributed by atoms with E-state index in [9.17, 15) is 4.79 Å². The first-order valence-corrected chi connectivity index (χ1v) is 9.01. The predicted octanol–water partition coefficient (Wildman–Crippen LogP) is 1.46. The normalized spacial score (nSPS) is 15.8. The summed E-state index contributed by atoms with van der Waals surface area (Å²) in [4.78, 5) is 21.2. The molecule has 1 aromatic carbocycles. The number of nitrogens with zero attached hydrogens (tertiary/aromatic N) is 4. The van der Waals surface area contributed by atoms with Gasteiger partial charge >= 0.3 is 0 Å². The third-order valence-electron chi connectivity index (χ3n) is 4.79. The van der Waals surface area contributed by atoms with Crippen molar-refractivity contribution in [1.82, 2.24) is 19.4 Å². The van der Waals surface area contributed by atoms with E-state index in [1.54, 1.807) is 7.11 Å². The second kappa shape index (κ2) is 8.82. The van der Waals surface area contributed by atoms with Gasteiger partial charge in [-0.05, 0) is 19.1 Å². The monoisotopic (exact) mass is 357 g/mol. The number of aryl methyl sites for hydroxylation is 1. The summed E-state index contributed by atoms with van der Waals surface area (Å²) in [5.41, 5.74) is 0.717. The van der Waals surface area contributed by atoms with E-state index < -0.39 is 0 Å². The zero-order chi connectivity index (χ0) is 18.4. The highest BCUT2D eigenvalue weighted by Gasteiger charge is 2.19. The van der Waals surface area contributed by atoms with Crippen molar-refractivity contribution in [2.45, 2.75) is 13.5 Å². The van der Waals surface area contributed by atoms with Crippen molar-refractivity contribution in [3.8, 4) is 5.75 Å². The number of benzene rings is 1. The van der Waals surface area contributed by atoms with Crippen molar-refractivity contribution in [3.63, 3.8) is 0 Å². The number of amides is 1. The van der Waals surface area contributed by atoms with E-state index >= 15 is 0 Å².